The van der Waals surface area contributed by atoms with Crippen molar-refractivity contribution in [3.05, 3.63) is 35.4 Å². The monoisotopic (exact) mass is 245 g/mol. The van der Waals surface area contributed by atoms with E-state index in [1.165, 1.54) is 5.56 Å². The Labute approximate surface area is 108 Å². The minimum absolute atomic E-state index is 0.174. The molecule has 0 aromatic heterocycles. The second-order valence-electron chi connectivity index (χ2n) is 5.19. The van der Waals surface area contributed by atoms with Gasteiger partial charge in [0.05, 0.1) is 25.3 Å². The summed E-state index contributed by atoms with van der Waals surface area (Å²) >= 11 is 0. The van der Waals surface area contributed by atoms with Crippen LogP contribution in [-0.4, -0.2) is 36.1 Å². The maximum Gasteiger partial charge on any atom is 0.254 e. The van der Waals surface area contributed by atoms with Crippen LogP contribution in [0.4, 0.5) is 0 Å². The largest absolute Gasteiger partial charge is 0.377 e. The normalized spacial score (nSPS) is 26.4. The van der Waals surface area contributed by atoms with E-state index in [0.717, 1.165) is 24.8 Å². The lowest BCUT2D eigenvalue weighted by atomic mass is 10.1. The van der Waals surface area contributed by atoms with Crippen molar-refractivity contribution in [2.45, 2.75) is 38.3 Å². The van der Waals surface area contributed by atoms with Gasteiger partial charge >= 0.3 is 0 Å². The summed E-state index contributed by atoms with van der Waals surface area (Å²) in [6.45, 7) is 3.53. The molecule has 2 aliphatic rings. The second-order valence-corrected chi connectivity index (χ2v) is 5.19. The molecule has 96 valence electrons. The molecule has 2 bridgehead atoms. The van der Waals surface area contributed by atoms with Gasteiger partial charge in [-0.15, -0.1) is 0 Å². The number of hydrogen-bond acceptors (Lipinski definition) is 2. The molecule has 2 aliphatic heterocycles. The fraction of sp³-hybridized carbons (Fsp3) is 0.533. The summed E-state index contributed by atoms with van der Waals surface area (Å²) in [5.41, 5.74) is 2.09. The van der Waals surface area contributed by atoms with Crippen molar-refractivity contribution in [1.29, 1.82) is 0 Å². The predicted octanol–water partition coefficient (Wildman–Crippen LogP) is 2.25. The average Bonchev–Trinajstić information content (AvgIpc) is 2.67. The molecule has 3 rings (SSSR count). The van der Waals surface area contributed by atoms with Crippen LogP contribution in [0.15, 0.2) is 24.3 Å². The van der Waals surface area contributed by atoms with E-state index in [4.69, 9.17) is 4.74 Å². The molecule has 2 fully saturated rings. The van der Waals surface area contributed by atoms with Gasteiger partial charge in [0, 0.05) is 5.56 Å². The highest BCUT2D eigenvalue weighted by molar-refractivity contribution is 5.95. The molecule has 2 saturated heterocycles. The molecule has 0 radical (unpaired) electrons. The molecule has 1 aromatic carbocycles. The van der Waals surface area contributed by atoms with Gasteiger partial charge in [0.2, 0.25) is 0 Å². The quantitative estimate of drug-likeness (QED) is 0.800. The lowest BCUT2D eigenvalue weighted by Gasteiger charge is -2.34. The third-order valence-corrected chi connectivity index (χ3v) is 4.08. The Morgan fingerprint density at radius 2 is 1.83 bits per heavy atom. The number of ether oxygens (including phenoxy) is 1. The average molecular weight is 245 g/mol. The fourth-order valence-electron chi connectivity index (χ4n) is 2.99. The van der Waals surface area contributed by atoms with Crippen LogP contribution >= 0.6 is 0 Å². The van der Waals surface area contributed by atoms with Crippen LogP contribution in [0.1, 0.15) is 35.7 Å². The SMILES string of the molecule is CCc1ccc(C(=O)N2C3CCC2COC3)cc1. The molecule has 1 amide bonds. The Bertz CT molecular complexity index is 424. The molecular formula is C15H19NO2. The van der Waals surface area contributed by atoms with Gasteiger partial charge in [-0.25, -0.2) is 0 Å². The molecule has 2 heterocycles. The molecule has 0 saturated carbocycles. The zero-order chi connectivity index (χ0) is 12.5. The van der Waals surface area contributed by atoms with Crippen molar-refractivity contribution in [2.24, 2.45) is 0 Å². The van der Waals surface area contributed by atoms with Gasteiger partial charge in [0.1, 0.15) is 0 Å². The highest BCUT2D eigenvalue weighted by atomic mass is 16.5. The first kappa shape index (κ1) is 11.7. The summed E-state index contributed by atoms with van der Waals surface area (Å²) in [5.74, 6) is 0.174. The summed E-state index contributed by atoms with van der Waals surface area (Å²) in [6.07, 6.45) is 3.18. The summed E-state index contributed by atoms with van der Waals surface area (Å²) in [4.78, 5) is 14.6. The van der Waals surface area contributed by atoms with Crippen LogP contribution in [0, 0.1) is 0 Å². The van der Waals surface area contributed by atoms with Crippen molar-refractivity contribution in [1.82, 2.24) is 4.90 Å². The number of nitrogens with zero attached hydrogens (tertiary/aromatic N) is 1. The minimum atomic E-state index is 0.174. The Balaban J connectivity index is 1.81. The van der Waals surface area contributed by atoms with Gasteiger partial charge in [0.25, 0.3) is 5.91 Å². The van der Waals surface area contributed by atoms with Crippen molar-refractivity contribution >= 4 is 5.91 Å². The van der Waals surface area contributed by atoms with Gasteiger partial charge in [-0.3, -0.25) is 4.79 Å². The molecular weight excluding hydrogens is 226 g/mol. The second kappa shape index (κ2) is 4.73. The Kier molecular flexibility index (Phi) is 3.08. The van der Waals surface area contributed by atoms with E-state index in [0.29, 0.717) is 25.3 Å². The topological polar surface area (TPSA) is 29.5 Å². The number of amides is 1. The van der Waals surface area contributed by atoms with Crippen LogP contribution in [0.25, 0.3) is 0 Å². The van der Waals surface area contributed by atoms with Crippen molar-refractivity contribution < 1.29 is 9.53 Å². The van der Waals surface area contributed by atoms with Crippen molar-refractivity contribution in [3.63, 3.8) is 0 Å². The highest BCUT2D eigenvalue weighted by Gasteiger charge is 2.40. The highest BCUT2D eigenvalue weighted by Crippen LogP contribution is 2.30. The number of carbonyl (C=O) groups is 1. The number of hydrogen-bond donors (Lipinski definition) is 0. The number of rotatable bonds is 2. The van der Waals surface area contributed by atoms with Gasteiger partial charge in [-0.1, -0.05) is 19.1 Å². The Morgan fingerprint density at radius 1 is 1.22 bits per heavy atom. The lowest BCUT2D eigenvalue weighted by Crippen LogP contribution is -2.49. The van der Waals surface area contributed by atoms with E-state index >= 15 is 0 Å². The summed E-state index contributed by atoms with van der Waals surface area (Å²) in [6, 6.07) is 8.60. The number of benzene rings is 1. The van der Waals surface area contributed by atoms with Gasteiger partial charge in [0.15, 0.2) is 0 Å². The third-order valence-electron chi connectivity index (χ3n) is 4.08. The van der Waals surface area contributed by atoms with Crippen LogP contribution in [0.2, 0.25) is 0 Å². The standard InChI is InChI=1S/C15H19NO2/c1-2-11-3-5-12(6-4-11)15(17)16-13-7-8-14(16)10-18-9-13/h3-6,13-14H,2,7-10H2,1H3. The summed E-state index contributed by atoms with van der Waals surface area (Å²) < 4.78 is 5.52. The number of morpholine rings is 1. The predicted molar refractivity (Wildman–Crippen MR) is 69.6 cm³/mol. The Hall–Kier alpha value is -1.35. The van der Waals surface area contributed by atoms with Crippen molar-refractivity contribution in [3.8, 4) is 0 Å². The lowest BCUT2D eigenvalue weighted by molar-refractivity contribution is -0.00715. The van der Waals surface area contributed by atoms with Gasteiger partial charge < -0.3 is 9.64 Å². The minimum Gasteiger partial charge on any atom is -0.377 e. The van der Waals surface area contributed by atoms with Crippen LogP contribution < -0.4 is 0 Å². The van der Waals surface area contributed by atoms with Gasteiger partial charge in [-0.05, 0) is 37.0 Å². The molecule has 1 aromatic rings. The van der Waals surface area contributed by atoms with Crippen LogP contribution in [0.5, 0.6) is 0 Å². The van der Waals surface area contributed by atoms with E-state index in [1.54, 1.807) is 0 Å². The summed E-state index contributed by atoms with van der Waals surface area (Å²) in [7, 11) is 0. The zero-order valence-corrected chi connectivity index (χ0v) is 10.8. The number of fused-ring (bicyclic) bond motifs is 2. The smallest absolute Gasteiger partial charge is 0.254 e. The molecule has 0 N–H and O–H groups in total. The van der Waals surface area contributed by atoms with Crippen LogP contribution in [-0.2, 0) is 11.2 Å². The third kappa shape index (κ3) is 1.93. The molecule has 18 heavy (non-hydrogen) atoms. The number of carbonyl (C=O) groups excluding carboxylic acids is 1. The molecule has 2 unspecified atom stereocenters. The molecule has 3 nitrogen and oxygen atoms in total. The fourth-order valence-corrected chi connectivity index (χ4v) is 2.99. The first-order chi connectivity index (χ1) is 8.79. The van der Waals surface area contributed by atoms with Crippen LogP contribution in [0.3, 0.4) is 0 Å². The summed E-state index contributed by atoms with van der Waals surface area (Å²) in [5, 5.41) is 0. The first-order valence-corrected chi connectivity index (χ1v) is 6.79. The molecule has 0 spiro atoms. The van der Waals surface area contributed by atoms with E-state index < -0.39 is 0 Å². The van der Waals surface area contributed by atoms with Gasteiger partial charge in [-0.2, -0.15) is 0 Å². The zero-order valence-electron chi connectivity index (χ0n) is 10.8. The van der Waals surface area contributed by atoms with E-state index in [1.807, 2.05) is 17.0 Å². The van der Waals surface area contributed by atoms with Crippen molar-refractivity contribution in [2.75, 3.05) is 13.2 Å². The molecule has 3 heteroatoms. The Morgan fingerprint density at radius 3 is 2.39 bits per heavy atom. The van der Waals surface area contributed by atoms with E-state index in [2.05, 4.69) is 19.1 Å². The number of aryl methyl sites for hydroxylation is 1. The van der Waals surface area contributed by atoms with E-state index in [-0.39, 0.29) is 5.91 Å². The first-order valence-electron chi connectivity index (χ1n) is 6.79. The molecule has 2 atom stereocenters. The maximum atomic E-state index is 12.5. The maximum absolute atomic E-state index is 12.5. The van der Waals surface area contributed by atoms with E-state index in [9.17, 15) is 4.79 Å². The molecule has 0 aliphatic carbocycles.